The van der Waals surface area contributed by atoms with Gasteiger partial charge < -0.3 is 4.42 Å². The van der Waals surface area contributed by atoms with Crippen LogP contribution in [0.15, 0.2) is 72.6 Å². The van der Waals surface area contributed by atoms with Gasteiger partial charge in [0.25, 0.3) is 5.69 Å². The van der Waals surface area contributed by atoms with E-state index in [1.807, 2.05) is 24.3 Å². The van der Waals surface area contributed by atoms with Crippen LogP contribution in [0, 0.1) is 10.1 Å². The molecule has 3 rings (SSSR count). The molecular formula is C16H10BrClN4O3S. The van der Waals surface area contributed by atoms with Crippen molar-refractivity contribution in [1.29, 1.82) is 0 Å². The standard InChI is InChI=1S/C16H10BrClN4O3S/c17-14-7-12(25-16(14)26-13-4-1-10(18)2-5-13)9-20-21-15-6-3-11(8-19-15)22(23)24/h1-9H,(H,19,21)/b20-9+. The van der Waals surface area contributed by atoms with E-state index in [1.165, 1.54) is 30.1 Å². The summed E-state index contributed by atoms with van der Waals surface area (Å²) in [6.45, 7) is 0. The maximum Gasteiger partial charge on any atom is 0.287 e. The lowest BCUT2D eigenvalue weighted by molar-refractivity contribution is -0.385. The molecule has 0 unspecified atom stereocenters. The van der Waals surface area contributed by atoms with Crippen LogP contribution in [0.2, 0.25) is 5.02 Å². The number of hydrogen-bond donors (Lipinski definition) is 1. The maximum atomic E-state index is 10.6. The Morgan fingerprint density at radius 1 is 1.31 bits per heavy atom. The van der Waals surface area contributed by atoms with Crippen molar-refractivity contribution in [3.05, 3.63) is 74.0 Å². The highest BCUT2D eigenvalue weighted by Gasteiger charge is 2.10. The van der Waals surface area contributed by atoms with Gasteiger partial charge in [-0.15, -0.1) is 0 Å². The molecule has 0 aliphatic carbocycles. The Morgan fingerprint density at radius 2 is 2.08 bits per heavy atom. The van der Waals surface area contributed by atoms with Gasteiger partial charge in [0.2, 0.25) is 0 Å². The summed E-state index contributed by atoms with van der Waals surface area (Å²) in [5.41, 5.74) is 2.60. The van der Waals surface area contributed by atoms with Gasteiger partial charge in [0.05, 0.1) is 15.6 Å². The number of halogens is 2. The zero-order valence-electron chi connectivity index (χ0n) is 12.9. The van der Waals surface area contributed by atoms with E-state index >= 15 is 0 Å². The van der Waals surface area contributed by atoms with Gasteiger partial charge >= 0.3 is 0 Å². The first-order valence-corrected chi connectivity index (χ1v) is 9.12. The number of furan rings is 1. The normalized spacial score (nSPS) is 11.0. The van der Waals surface area contributed by atoms with Crippen molar-refractivity contribution in [3.8, 4) is 0 Å². The number of rotatable bonds is 6. The van der Waals surface area contributed by atoms with Crippen LogP contribution >= 0.6 is 39.3 Å². The van der Waals surface area contributed by atoms with Crippen molar-refractivity contribution >= 4 is 57.0 Å². The lowest BCUT2D eigenvalue weighted by Crippen LogP contribution is -1.94. The van der Waals surface area contributed by atoms with Crippen LogP contribution in [0.25, 0.3) is 0 Å². The van der Waals surface area contributed by atoms with Crippen molar-refractivity contribution in [3.63, 3.8) is 0 Å². The second-order valence-corrected chi connectivity index (χ2v) is 7.21. The Morgan fingerprint density at radius 3 is 2.73 bits per heavy atom. The van der Waals surface area contributed by atoms with Gasteiger partial charge in [0.1, 0.15) is 17.8 Å². The number of nitro groups is 1. The largest absolute Gasteiger partial charge is 0.447 e. The third kappa shape index (κ3) is 4.84. The van der Waals surface area contributed by atoms with Gasteiger partial charge in [0, 0.05) is 22.1 Å². The fourth-order valence-electron chi connectivity index (χ4n) is 1.83. The molecule has 2 heterocycles. The number of benzene rings is 1. The van der Waals surface area contributed by atoms with Gasteiger partial charge in [-0.05, 0) is 46.3 Å². The molecule has 0 bridgehead atoms. The fourth-order valence-corrected chi connectivity index (χ4v) is 3.29. The number of hydrogen-bond acceptors (Lipinski definition) is 7. The van der Waals surface area contributed by atoms with E-state index in [1.54, 1.807) is 6.07 Å². The molecule has 132 valence electrons. The highest BCUT2D eigenvalue weighted by Crippen LogP contribution is 2.35. The molecule has 0 atom stereocenters. The molecule has 1 aromatic carbocycles. The third-order valence-electron chi connectivity index (χ3n) is 3.03. The van der Waals surface area contributed by atoms with Crippen LogP contribution in [0.4, 0.5) is 11.5 Å². The van der Waals surface area contributed by atoms with Gasteiger partial charge in [-0.2, -0.15) is 5.10 Å². The zero-order chi connectivity index (χ0) is 18.5. The van der Waals surface area contributed by atoms with Gasteiger partial charge in [-0.1, -0.05) is 23.4 Å². The Kier molecular flexibility index (Phi) is 5.92. The average molecular weight is 454 g/mol. The Balaban J connectivity index is 1.64. The summed E-state index contributed by atoms with van der Waals surface area (Å²) in [6.07, 6.45) is 2.64. The molecule has 0 fully saturated rings. The molecule has 0 saturated carbocycles. The quantitative estimate of drug-likeness (QED) is 0.297. The molecule has 10 heteroatoms. The monoisotopic (exact) mass is 452 g/mol. The summed E-state index contributed by atoms with van der Waals surface area (Å²) in [7, 11) is 0. The SMILES string of the molecule is O=[N+]([O-])c1ccc(N/N=C/c2cc(Br)c(Sc3ccc(Cl)cc3)o2)nc1. The van der Waals surface area contributed by atoms with E-state index in [-0.39, 0.29) is 5.69 Å². The second-order valence-electron chi connectivity index (χ2n) is 4.87. The van der Waals surface area contributed by atoms with Crippen molar-refractivity contribution in [2.75, 3.05) is 5.43 Å². The Hall–Kier alpha value is -2.36. The summed E-state index contributed by atoms with van der Waals surface area (Å²) in [5, 5.41) is 15.9. The molecule has 26 heavy (non-hydrogen) atoms. The number of aromatic nitrogens is 1. The number of nitrogens with zero attached hydrogens (tertiary/aromatic N) is 3. The molecule has 1 N–H and O–H groups in total. The summed E-state index contributed by atoms with van der Waals surface area (Å²) >= 11 is 10.8. The van der Waals surface area contributed by atoms with E-state index < -0.39 is 4.92 Å². The average Bonchev–Trinajstić information content (AvgIpc) is 2.97. The molecule has 0 aliphatic rings. The Bertz CT molecular complexity index is 945. The van der Waals surface area contributed by atoms with Gasteiger partial charge in [-0.25, -0.2) is 4.98 Å². The van der Waals surface area contributed by atoms with Crippen LogP contribution in [0.3, 0.4) is 0 Å². The third-order valence-corrected chi connectivity index (χ3v) is 5.13. The van der Waals surface area contributed by atoms with E-state index in [0.29, 0.717) is 21.7 Å². The van der Waals surface area contributed by atoms with Crippen LogP contribution in [0.5, 0.6) is 0 Å². The molecule has 0 spiro atoms. The van der Waals surface area contributed by atoms with Crippen molar-refractivity contribution in [1.82, 2.24) is 4.98 Å². The van der Waals surface area contributed by atoms with E-state index in [0.717, 1.165) is 15.6 Å². The van der Waals surface area contributed by atoms with E-state index in [9.17, 15) is 10.1 Å². The van der Waals surface area contributed by atoms with E-state index in [4.69, 9.17) is 16.0 Å². The summed E-state index contributed by atoms with van der Waals surface area (Å²) < 4.78 is 6.52. The first-order chi connectivity index (χ1) is 12.5. The lowest BCUT2D eigenvalue weighted by Gasteiger charge is -1.99. The predicted octanol–water partition coefficient (Wildman–Crippen LogP) is 5.60. The number of anilines is 1. The first kappa shape index (κ1) is 18.4. The predicted molar refractivity (Wildman–Crippen MR) is 104 cm³/mol. The number of nitrogens with one attached hydrogen (secondary N) is 1. The van der Waals surface area contributed by atoms with Crippen molar-refractivity contribution in [2.45, 2.75) is 9.99 Å². The van der Waals surface area contributed by atoms with Crippen LogP contribution in [-0.2, 0) is 0 Å². The van der Waals surface area contributed by atoms with Crippen molar-refractivity contribution in [2.24, 2.45) is 5.10 Å². The topological polar surface area (TPSA) is 93.6 Å². The van der Waals surface area contributed by atoms with Gasteiger partial charge in [0.15, 0.2) is 5.09 Å². The minimum atomic E-state index is -0.514. The molecule has 2 aromatic heterocycles. The lowest BCUT2D eigenvalue weighted by atomic mass is 10.4. The smallest absolute Gasteiger partial charge is 0.287 e. The van der Waals surface area contributed by atoms with Crippen molar-refractivity contribution < 1.29 is 9.34 Å². The van der Waals surface area contributed by atoms with Gasteiger partial charge in [-0.3, -0.25) is 15.5 Å². The zero-order valence-corrected chi connectivity index (χ0v) is 16.1. The molecule has 3 aromatic rings. The highest BCUT2D eigenvalue weighted by atomic mass is 79.9. The van der Waals surface area contributed by atoms with Crippen LogP contribution in [0.1, 0.15) is 5.76 Å². The van der Waals surface area contributed by atoms with Crippen LogP contribution in [-0.4, -0.2) is 16.1 Å². The molecule has 0 amide bonds. The highest BCUT2D eigenvalue weighted by molar-refractivity contribution is 9.10. The maximum absolute atomic E-state index is 10.6. The molecule has 0 radical (unpaired) electrons. The molecule has 0 saturated heterocycles. The number of hydrazone groups is 1. The first-order valence-electron chi connectivity index (χ1n) is 7.13. The molecule has 7 nitrogen and oxygen atoms in total. The second kappa shape index (κ2) is 8.35. The molecular weight excluding hydrogens is 444 g/mol. The summed E-state index contributed by atoms with van der Waals surface area (Å²) in [5.74, 6) is 0.913. The van der Waals surface area contributed by atoms with E-state index in [2.05, 4.69) is 31.4 Å². The summed E-state index contributed by atoms with van der Waals surface area (Å²) in [4.78, 5) is 15.0. The summed E-state index contributed by atoms with van der Waals surface area (Å²) in [6, 6.07) is 12.0. The minimum absolute atomic E-state index is 0.0849. The van der Waals surface area contributed by atoms with Crippen LogP contribution < -0.4 is 5.43 Å². The molecule has 0 aliphatic heterocycles. The minimum Gasteiger partial charge on any atom is -0.447 e. The number of pyridine rings is 1. The fraction of sp³-hybridized carbons (Fsp3) is 0. The Labute approximate surface area is 165 Å².